The van der Waals surface area contributed by atoms with Gasteiger partial charge >= 0.3 is 0 Å². The largest absolute Gasteiger partial charge is 0.312 e. The van der Waals surface area contributed by atoms with Crippen molar-refractivity contribution in [3.63, 3.8) is 0 Å². The van der Waals surface area contributed by atoms with E-state index in [-0.39, 0.29) is 5.82 Å². The molecular formula is C19H23FN2O2S. The Morgan fingerprint density at radius 2 is 1.76 bits per heavy atom. The summed E-state index contributed by atoms with van der Waals surface area (Å²) >= 11 is 0. The van der Waals surface area contributed by atoms with Crippen LogP contribution in [-0.2, 0) is 16.6 Å². The lowest BCUT2D eigenvalue weighted by Gasteiger charge is -2.31. The summed E-state index contributed by atoms with van der Waals surface area (Å²) in [6, 6.07) is 15.2. The molecule has 0 amide bonds. The Morgan fingerprint density at radius 3 is 2.44 bits per heavy atom. The van der Waals surface area contributed by atoms with Crippen LogP contribution >= 0.6 is 0 Å². The number of nitrogens with zero attached hydrogens (tertiary/aromatic N) is 1. The fraction of sp³-hybridized carbons (Fsp3) is 0.368. The van der Waals surface area contributed by atoms with Gasteiger partial charge in [-0.1, -0.05) is 30.3 Å². The minimum absolute atomic E-state index is 0.223. The standard InChI is InChI=1S/C19H23FN2O2S/c20-18-6-4-5-17(13-18)15-21-14-16-9-11-22(12-10-16)25(23,24)19-7-2-1-3-8-19/h1-8,13,16,21H,9-12,14-15H2. The quantitative estimate of drug-likeness (QED) is 0.859. The molecule has 0 aromatic heterocycles. The molecular weight excluding hydrogens is 339 g/mol. The molecule has 4 nitrogen and oxygen atoms in total. The van der Waals surface area contributed by atoms with Crippen LogP contribution in [0.15, 0.2) is 59.5 Å². The summed E-state index contributed by atoms with van der Waals surface area (Å²) in [7, 11) is -3.38. The Kier molecular flexibility index (Phi) is 5.83. The Bertz CT molecular complexity index is 788. The van der Waals surface area contributed by atoms with E-state index in [1.54, 1.807) is 34.6 Å². The molecule has 2 aromatic rings. The first-order valence-corrected chi connectivity index (χ1v) is 10.00. The molecule has 1 fully saturated rings. The molecule has 1 aliphatic rings. The molecule has 1 heterocycles. The maximum absolute atomic E-state index is 13.2. The number of benzene rings is 2. The highest BCUT2D eigenvalue weighted by Crippen LogP contribution is 2.23. The fourth-order valence-electron chi connectivity index (χ4n) is 3.16. The van der Waals surface area contributed by atoms with E-state index in [0.29, 0.717) is 30.4 Å². The Morgan fingerprint density at radius 1 is 1.04 bits per heavy atom. The first-order valence-electron chi connectivity index (χ1n) is 8.56. The van der Waals surface area contributed by atoms with Crippen molar-refractivity contribution in [3.05, 3.63) is 66.0 Å². The number of sulfonamides is 1. The minimum Gasteiger partial charge on any atom is -0.312 e. The van der Waals surface area contributed by atoms with Crippen LogP contribution in [0.25, 0.3) is 0 Å². The normalized spacial score (nSPS) is 16.8. The summed E-state index contributed by atoms with van der Waals surface area (Å²) in [6.07, 6.45) is 1.67. The molecule has 0 radical (unpaired) electrons. The van der Waals surface area contributed by atoms with E-state index in [1.807, 2.05) is 12.1 Å². The topological polar surface area (TPSA) is 49.4 Å². The van der Waals surface area contributed by atoms with Crippen molar-refractivity contribution in [2.45, 2.75) is 24.3 Å². The van der Waals surface area contributed by atoms with E-state index >= 15 is 0 Å². The van der Waals surface area contributed by atoms with Crippen molar-refractivity contribution in [3.8, 4) is 0 Å². The average molecular weight is 362 g/mol. The SMILES string of the molecule is O=S(=O)(c1ccccc1)N1CCC(CNCc2cccc(F)c2)CC1. The number of nitrogens with one attached hydrogen (secondary N) is 1. The molecule has 134 valence electrons. The Labute approximate surface area is 148 Å². The van der Waals surface area contributed by atoms with E-state index < -0.39 is 10.0 Å². The third-order valence-corrected chi connectivity index (χ3v) is 6.52. The highest BCUT2D eigenvalue weighted by atomic mass is 32.2. The van der Waals surface area contributed by atoms with Crippen LogP contribution in [0.1, 0.15) is 18.4 Å². The molecule has 25 heavy (non-hydrogen) atoms. The van der Waals surface area contributed by atoms with Crippen LogP contribution in [0.2, 0.25) is 0 Å². The van der Waals surface area contributed by atoms with E-state index in [0.717, 1.165) is 24.9 Å². The second kappa shape index (κ2) is 8.08. The molecule has 0 aliphatic carbocycles. The second-order valence-electron chi connectivity index (χ2n) is 6.42. The number of rotatable bonds is 6. The van der Waals surface area contributed by atoms with Gasteiger partial charge < -0.3 is 5.32 Å². The maximum Gasteiger partial charge on any atom is 0.243 e. The maximum atomic E-state index is 13.2. The first kappa shape index (κ1) is 18.0. The smallest absolute Gasteiger partial charge is 0.243 e. The zero-order chi connectivity index (χ0) is 17.7. The molecule has 3 rings (SSSR count). The Hall–Kier alpha value is -1.76. The van der Waals surface area contributed by atoms with Gasteiger partial charge in [0.15, 0.2) is 0 Å². The van der Waals surface area contributed by atoms with Gasteiger partial charge in [-0.15, -0.1) is 0 Å². The first-order chi connectivity index (χ1) is 12.1. The van der Waals surface area contributed by atoms with Gasteiger partial charge in [-0.05, 0) is 55.1 Å². The van der Waals surface area contributed by atoms with Gasteiger partial charge in [0.1, 0.15) is 5.82 Å². The van der Waals surface area contributed by atoms with Gasteiger partial charge in [0.2, 0.25) is 10.0 Å². The molecule has 0 atom stereocenters. The van der Waals surface area contributed by atoms with E-state index in [2.05, 4.69) is 5.32 Å². The molecule has 6 heteroatoms. The van der Waals surface area contributed by atoms with Gasteiger partial charge in [0.05, 0.1) is 4.90 Å². The number of halogens is 1. The third-order valence-electron chi connectivity index (χ3n) is 4.61. The van der Waals surface area contributed by atoms with Crippen LogP contribution < -0.4 is 5.32 Å². The summed E-state index contributed by atoms with van der Waals surface area (Å²) in [5.74, 6) is 0.217. The summed E-state index contributed by atoms with van der Waals surface area (Å²) in [4.78, 5) is 0.359. The lowest BCUT2D eigenvalue weighted by atomic mass is 9.98. The molecule has 0 bridgehead atoms. The van der Waals surface area contributed by atoms with Crippen LogP contribution in [0, 0.1) is 11.7 Å². The van der Waals surface area contributed by atoms with Crippen molar-refractivity contribution >= 4 is 10.0 Å². The van der Waals surface area contributed by atoms with Gasteiger partial charge in [0.25, 0.3) is 0 Å². The molecule has 0 unspecified atom stereocenters. The average Bonchev–Trinajstić information content (AvgIpc) is 2.63. The zero-order valence-corrected chi connectivity index (χ0v) is 14.9. The third kappa shape index (κ3) is 4.66. The number of hydrogen-bond acceptors (Lipinski definition) is 3. The monoisotopic (exact) mass is 362 g/mol. The zero-order valence-electron chi connectivity index (χ0n) is 14.1. The van der Waals surface area contributed by atoms with Crippen molar-refractivity contribution in [1.29, 1.82) is 0 Å². The van der Waals surface area contributed by atoms with Crippen LogP contribution in [0.5, 0.6) is 0 Å². The molecule has 1 saturated heterocycles. The van der Waals surface area contributed by atoms with Crippen LogP contribution in [0.4, 0.5) is 4.39 Å². The summed E-state index contributed by atoms with van der Waals surface area (Å²) < 4.78 is 39.9. The van der Waals surface area contributed by atoms with Gasteiger partial charge in [0, 0.05) is 19.6 Å². The minimum atomic E-state index is -3.38. The second-order valence-corrected chi connectivity index (χ2v) is 8.36. The van der Waals surface area contributed by atoms with E-state index in [1.165, 1.54) is 12.1 Å². The van der Waals surface area contributed by atoms with E-state index in [4.69, 9.17) is 0 Å². The van der Waals surface area contributed by atoms with E-state index in [9.17, 15) is 12.8 Å². The number of hydrogen-bond donors (Lipinski definition) is 1. The van der Waals surface area contributed by atoms with Crippen molar-refractivity contribution in [2.24, 2.45) is 5.92 Å². The molecule has 2 aromatic carbocycles. The van der Waals surface area contributed by atoms with Crippen molar-refractivity contribution < 1.29 is 12.8 Å². The van der Waals surface area contributed by atoms with Crippen molar-refractivity contribution in [1.82, 2.24) is 9.62 Å². The Balaban J connectivity index is 1.47. The molecule has 0 spiro atoms. The summed E-state index contributed by atoms with van der Waals surface area (Å²) in [5.41, 5.74) is 0.920. The highest BCUT2D eigenvalue weighted by Gasteiger charge is 2.28. The van der Waals surface area contributed by atoms with Crippen LogP contribution in [0.3, 0.4) is 0 Å². The lowest BCUT2D eigenvalue weighted by Crippen LogP contribution is -2.40. The predicted molar refractivity (Wildman–Crippen MR) is 96.0 cm³/mol. The van der Waals surface area contributed by atoms with Gasteiger partial charge in [-0.2, -0.15) is 4.31 Å². The summed E-state index contributed by atoms with van der Waals surface area (Å²) in [6.45, 7) is 2.53. The van der Waals surface area contributed by atoms with Crippen LogP contribution in [-0.4, -0.2) is 32.4 Å². The van der Waals surface area contributed by atoms with Gasteiger partial charge in [-0.3, -0.25) is 0 Å². The molecule has 1 aliphatic heterocycles. The molecule has 0 saturated carbocycles. The van der Waals surface area contributed by atoms with Crippen molar-refractivity contribution in [2.75, 3.05) is 19.6 Å². The number of piperidine rings is 1. The fourth-order valence-corrected chi connectivity index (χ4v) is 4.65. The molecule has 1 N–H and O–H groups in total. The summed E-state index contributed by atoms with van der Waals surface area (Å²) in [5, 5.41) is 3.35. The highest BCUT2D eigenvalue weighted by molar-refractivity contribution is 7.89. The predicted octanol–water partition coefficient (Wildman–Crippen LogP) is 3.02. The lowest BCUT2D eigenvalue weighted by molar-refractivity contribution is 0.267. The van der Waals surface area contributed by atoms with Gasteiger partial charge in [-0.25, -0.2) is 12.8 Å².